The van der Waals surface area contributed by atoms with Crippen LogP contribution < -0.4 is 4.72 Å². The van der Waals surface area contributed by atoms with Crippen LogP contribution in [0.15, 0.2) is 28.1 Å². The molecule has 2 rings (SSSR count). The van der Waals surface area contributed by atoms with E-state index >= 15 is 0 Å². The number of fused-ring (bicyclic) bond motifs is 1. The summed E-state index contributed by atoms with van der Waals surface area (Å²) in [7, 11) is -3.16. The van der Waals surface area contributed by atoms with Gasteiger partial charge < -0.3 is 0 Å². The Balaban J connectivity index is 2.62. The van der Waals surface area contributed by atoms with E-state index in [9.17, 15) is 13.5 Å². The Kier molecular flexibility index (Phi) is 1.76. The quantitative estimate of drug-likeness (QED) is 0.601. The molecule has 0 aliphatic carbocycles. The molecule has 6 heteroatoms. The van der Waals surface area contributed by atoms with E-state index in [4.69, 9.17) is 0 Å². The Labute approximate surface area is 75.6 Å². The zero-order valence-corrected chi connectivity index (χ0v) is 7.18. The zero-order valence-electron chi connectivity index (χ0n) is 6.36. The van der Waals surface area contributed by atoms with Crippen molar-refractivity contribution in [3.8, 4) is 0 Å². The molecule has 0 fully saturated rings. The standard InChI is InChI=1S/C7H6FN2O2S/c8-5-1-2-6-7(3-5)13(11,12)10-4-9-6/h1-3,11-12H,(H,9,10). The van der Waals surface area contributed by atoms with Crippen molar-refractivity contribution < 1.29 is 13.5 Å². The molecule has 0 unspecified atom stereocenters. The third-order valence-electron chi connectivity index (χ3n) is 1.59. The van der Waals surface area contributed by atoms with Crippen molar-refractivity contribution in [1.82, 2.24) is 4.72 Å². The maximum absolute atomic E-state index is 12.7. The van der Waals surface area contributed by atoms with Gasteiger partial charge in [0.25, 0.3) is 0 Å². The summed E-state index contributed by atoms with van der Waals surface area (Å²) in [6.45, 7) is 0. The molecule has 1 aromatic rings. The van der Waals surface area contributed by atoms with E-state index in [0.717, 1.165) is 6.07 Å². The maximum atomic E-state index is 12.7. The molecule has 1 aromatic carbocycles. The molecule has 0 saturated heterocycles. The summed E-state index contributed by atoms with van der Waals surface area (Å²) in [6, 6.07) is 3.61. The molecular weight excluding hydrogens is 195 g/mol. The fraction of sp³-hybridized carbons (Fsp3) is 0. The highest BCUT2D eigenvalue weighted by Crippen LogP contribution is 2.50. The summed E-state index contributed by atoms with van der Waals surface area (Å²) in [5.74, 6) is -0.530. The highest BCUT2D eigenvalue weighted by molar-refractivity contribution is 8.23. The Bertz CT molecular complexity index is 381. The van der Waals surface area contributed by atoms with E-state index < -0.39 is 16.6 Å². The van der Waals surface area contributed by atoms with E-state index in [2.05, 4.69) is 16.1 Å². The van der Waals surface area contributed by atoms with Crippen LogP contribution in [0.3, 0.4) is 0 Å². The van der Waals surface area contributed by atoms with Gasteiger partial charge in [0.15, 0.2) is 6.34 Å². The summed E-state index contributed by atoms with van der Waals surface area (Å²) < 4.78 is 33.7. The van der Waals surface area contributed by atoms with Gasteiger partial charge in [-0.3, -0.25) is 13.8 Å². The van der Waals surface area contributed by atoms with Crippen molar-refractivity contribution in [2.24, 2.45) is 4.99 Å². The second kappa shape index (κ2) is 2.69. The van der Waals surface area contributed by atoms with Crippen molar-refractivity contribution in [3.05, 3.63) is 24.0 Å². The molecule has 4 nitrogen and oxygen atoms in total. The molecule has 1 radical (unpaired) electrons. The van der Waals surface area contributed by atoms with Crippen molar-refractivity contribution >= 4 is 22.8 Å². The minimum absolute atomic E-state index is 0.0613. The highest BCUT2D eigenvalue weighted by Gasteiger charge is 2.22. The van der Waals surface area contributed by atoms with E-state index in [1.54, 1.807) is 0 Å². The van der Waals surface area contributed by atoms with Gasteiger partial charge in [-0.2, -0.15) is 0 Å². The minimum atomic E-state index is -3.16. The Morgan fingerprint density at radius 3 is 3.00 bits per heavy atom. The van der Waals surface area contributed by atoms with Gasteiger partial charge in [0.2, 0.25) is 0 Å². The van der Waals surface area contributed by atoms with Crippen molar-refractivity contribution in [2.45, 2.75) is 4.90 Å². The SMILES string of the molecule is OS1(O)N[C]=Nc2ccc(F)cc21. The first-order chi connectivity index (χ1) is 6.09. The van der Waals surface area contributed by atoms with E-state index in [0.29, 0.717) is 5.69 Å². The van der Waals surface area contributed by atoms with Gasteiger partial charge in [-0.25, -0.2) is 9.38 Å². The van der Waals surface area contributed by atoms with E-state index in [-0.39, 0.29) is 4.90 Å². The first-order valence-corrected chi connectivity index (χ1v) is 4.94. The number of benzene rings is 1. The Morgan fingerprint density at radius 1 is 1.46 bits per heavy atom. The fourth-order valence-electron chi connectivity index (χ4n) is 1.01. The van der Waals surface area contributed by atoms with Gasteiger partial charge >= 0.3 is 0 Å². The third-order valence-corrected chi connectivity index (χ3v) is 2.91. The van der Waals surface area contributed by atoms with Crippen LogP contribution in [0.4, 0.5) is 10.1 Å². The summed E-state index contributed by atoms with van der Waals surface area (Å²) in [6.07, 6.45) is 2.24. The largest absolute Gasteiger partial charge is 0.278 e. The number of halogens is 1. The molecule has 1 aliphatic rings. The van der Waals surface area contributed by atoms with Gasteiger partial charge in [-0.1, -0.05) is 10.8 Å². The van der Waals surface area contributed by atoms with Crippen LogP contribution in [0.25, 0.3) is 0 Å². The van der Waals surface area contributed by atoms with Crippen LogP contribution in [-0.4, -0.2) is 15.4 Å². The predicted octanol–water partition coefficient (Wildman–Crippen LogP) is 1.99. The molecule has 0 aromatic heterocycles. The molecule has 0 saturated carbocycles. The molecule has 69 valence electrons. The summed E-state index contributed by atoms with van der Waals surface area (Å²) in [5.41, 5.74) is 0.320. The molecule has 13 heavy (non-hydrogen) atoms. The van der Waals surface area contributed by atoms with Crippen LogP contribution in [0.2, 0.25) is 0 Å². The Hall–Kier alpha value is -1.11. The molecule has 0 amide bonds. The molecule has 3 N–H and O–H groups in total. The number of hydrogen-bond acceptors (Lipinski definition) is 4. The number of nitrogens with one attached hydrogen (secondary N) is 1. The van der Waals surface area contributed by atoms with Crippen LogP contribution in [0.1, 0.15) is 0 Å². The van der Waals surface area contributed by atoms with Crippen LogP contribution in [0.5, 0.6) is 0 Å². The van der Waals surface area contributed by atoms with Gasteiger partial charge in [0.05, 0.1) is 5.69 Å². The number of hydrogen-bond donors (Lipinski definition) is 3. The molecule has 1 heterocycles. The third kappa shape index (κ3) is 1.39. The first-order valence-electron chi connectivity index (χ1n) is 3.40. The Morgan fingerprint density at radius 2 is 2.23 bits per heavy atom. The second-order valence-corrected chi connectivity index (χ2v) is 4.23. The lowest BCUT2D eigenvalue weighted by molar-refractivity contribution is 0.480. The lowest BCUT2D eigenvalue weighted by Crippen LogP contribution is -2.21. The van der Waals surface area contributed by atoms with Crippen LogP contribution in [0, 0.1) is 5.82 Å². The summed E-state index contributed by atoms with van der Waals surface area (Å²) in [4.78, 5) is 3.76. The maximum Gasteiger partial charge on any atom is 0.190 e. The van der Waals surface area contributed by atoms with Crippen molar-refractivity contribution in [3.63, 3.8) is 0 Å². The lowest BCUT2D eigenvalue weighted by Gasteiger charge is -2.34. The highest BCUT2D eigenvalue weighted by atomic mass is 32.3. The van der Waals surface area contributed by atoms with Gasteiger partial charge in [-0.15, -0.1) is 0 Å². The van der Waals surface area contributed by atoms with Crippen LogP contribution in [-0.2, 0) is 0 Å². The monoisotopic (exact) mass is 201 g/mol. The molecule has 1 aliphatic heterocycles. The molecule has 0 atom stereocenters. The molecule has 0 spiro atoms. The number of aliphatic imine (C=N–C) groups is 1. The van der Waals surface area contributed by atoms with E-state index in [1.165, 1.54) is 12.1 Å². The average molecular weight is 201 g/mol. The van der Waals surface area contributed by atoms with Gasteiger partial charge in [-0.05, 0) is 12.1 Å². The topological polar surface area (TPSA) is 64.8 Å². The van der Waals surface area contributed by atoms with Gasteiger partial charge in [0, 0.05) is 6.07 Å². The lowest BCUT2D eigenvalue weighted by atomic mass is 10.3. The van der Waals surface area contributed by atoms with Crippen molar-refractivity contribution in [2.75, 3.05) is 0 Å². The number of nitrogens with zero attached hydrogens (tertiary/aromatic N) is 1. The zero-order chi connectivity index (χ0) is 9.47. The van der Waals surface area contributed by atoms with E-state index in [1.807, 2.05) is 0 Å². The average Bonchev–Trinajstić information content (AvgIpc) is 2.06. The fourth-order valence-corrected chi connectivity index (χ4v) is 1.98. The predicted molar refractivity (Wildman–Crippen MR) is 47.7 cm³/mol. The first kappa shape index (κ1) is 8.49. The molecule has 0 bridgehead atoms. The second-order valence-electron chi connectivity index (χ2n) is 2.49. The summed E-state index contributed by atoms with van der Waals surface area (Å²) in [5, 5.41) is 0. The summed E-state index contributed by atoms with van der Waals surface area (Å²) >= 11 is 0. The van der Waals surface area contributed by atoms with Crippen molar-refractivity contribution in [1.29, 1.82) is 0 Å². The van der Waals surface area contributed by atoms with Crippen LogP contribution >= 0.6 is 10.8 Å². The molecular formula is C7H6FN2O2S. The normalized spacial score (nSPS) is 20.2. The smallest absolute Gasteiger partial charge is 0.190 e. The minimum Gasteiger partial charge on any atom is -0.278 e. The van der Waals surface area contributed by atoms with Gasteiger partial charge in [0.1, 0.15) is 10.7 Å². The number of rotatable bonds is 0.